The van der Waals surface area contributed by atoms with Crippen LogP contribution in [0.25, 0.3) is 0 Å². The molecule has 5 heteroatoms. The van der Waals surface area contributed by atoms with Gasteiger partial charge in [-0.2, -0.15) is 5.10 Å². The summed E-state index contributed by atoms with van der Waals surface area (Å²) in [6.45, 7) is 6.04. The lowest BCUT2D eigenvalue weighted by Crippen LogP contribution is -2.49. The van der Waals surface area contributed by atoms with E-state index in [-0.39, 0.29) is 6.10 Å². The second kappa shape index (κ2) is 6.06. The summed E-state index contributed by atoms with van der Waals surface area (Å²) in [7, 11) is 0. The fourth-order valence-electron chi connectivity index (χ4n) is 3.34. The number of aromatic nitrogens is 2. The monoisotopic (exact) mass is 276 g/mol. The fraction of sp³-hybridized carbons (Fsp3) is 0.733. The van der Waals surface area contributed by atoms with Crippen LogP contribution in [0.3, 0.4) is 0 Å². The van der Waals surface area contributed by atoms with Crippen LogP contribution in [-0.2, 0) is 0 Å². The molecule has 0 saturated carbocycles. The molecule has 0 bridgehead atoms. The van der Waals surface area contributed by atoms with Crippen molar-refractivity contribution in [1.82, 2.24) is 15.1 Å². The second-order valence-electron chi connectivity index (χ2n) is 6.04. The number of aryl methyl sites for hydroxylation is 1. The van der Waals surface area contributed by atoms with Gasteiger partial charge in [-0.1, -0.05) is 0 Å². The molecule has 2 saturated heterocycles. The van der Waals surface area contributed by atoms with Crippen molar-refractivity contribution in [3.8, 4) is 0 Å². The van der Waals surface area contributed by atoms with Gasteiger partial charge in [-0.15, -0.1) is 5.10 Å². The van der Waals surface area contributed by atoms with Crippen molar-refractivity contribution in [2.24, 2.45) is 0 Å². The summed E-state index contributed by atoms with van der Waals surface area (Å²) in [6, 6.07) is 4.71. The Balaban J connectivity index is 1.55. The van der Waals surface area contributed by atoms with E-state index in [9.17, 15) is 5.11 Å². The molecule has 0 radical (unpaired) electrons. The quantitative estimate of drug-likeness (QED) is 0.880. The van der Waals surface area contributed by atoms with E-state index < -0.39 is 0 Å². The SMILES string of the molecule is Cc1ccc(N2CCC(N3CCCC(O)C3)CC2)nn1. The summed E-state index contributed by atoms with van der Waals surface area (Å²) in [5.41, 5.74) is 0.964. The van der Waals surface area contributed by atoms with E-state index in [4.69, 9.17) is 0 Å². The summed E-state index contributed by atoms with van der Waals surface area (Å²) >= 11 is 0. The molecule has 20 heavy (non-hydrogen) atoms. The lowest BCUT2D eigenvalue weighted by molar-refractivity contribution is 0.0398. The Morgan fingerprint density at radius 1 is 1.10 bits per heavy atom. The summed E-state index contributed by atoms with van der Waals surface area (Å²) in [6.07, 6.45) is 4.29. The standard InChI is InChI=1S/C15H24N4O/c1-12-4-5-15(17-16-12)18-9-6-13(7-10-18)19-8-2-3-14(20)11-19/h4-5,13-14,20H,2-3,6-11H2,1H3. The average molecular weight is 276 g/mol. The zero-order valence-corrected chi connectivity index (χ0v) is 12.2. The minimum absolute atomic E-state index is 0.121. The highest BCUT2D eigenvalue weighted by molar-refractivity contribution is 5.37. The number of anilines is 1. The first-order chi connectivity index (χ1) is 9.72. The molecule has 110 valence electrons. The third-order valence-electron chi connectivity index (χ3n) is 4.52. The molecule has 1 aromatic heterocycles. The Morgan fingerprint density at radius 3 is 2.55 bits per heavy atom. The predicted molar refractivity (Wildman–Crippen MR) is 78.8 cm³/mol. The number of β-amino-alcohol motifs (C(OH)–C–C–N with tert-alkyl or cyclic N) is 1. The van der Waals surface area contributed by atoms with Crippen LogP contribution in [-0.4, -0.2) is 58.5 Å². The number of likely N-dealkylation sites (tertiary alicyclic amines) is 1. The summed E-state index contributed by atoms with van der Waals surface area (Å²) in [5.74, 6) is 0.993. The first-order valence-electron chi connectivity index (χ1n) is 7.70. The molecule has 0 spiro atoms. The van der Waals surface area contributed by atoms with Crippen LogP contribution in [0.4, 0.5) is 5.82 Å². The van der Waals surface area contributed by atoms with Crippen molar-refractivity contribution in [2.45, 2.75) is 44.8 Å². The smallest absolute Gasteiger partial charge is 0.151 e. The van der Waals surface area contributed by atoms with Crippen LogP contribution in [0.15, 0.2) is 12.1 Å². The molecule has 3 heterocycles. The van der Waals surface area contributed by atoms with E-state index in [0.717, 1.165) is 63.4 Å². The van der Waals surface area contributed by atoms with Gasteiger partial charge in [-0.3, -0.25) is 4.90 Å². The Labute approximate surface area is 120 Å². The summed E-state index contributed by atoms with van der Waals surface area (Å²) in [4.78, 5) is 4.80. The van der Waals surface area contributed by atoms with Gasteiger partial charge in [0.2, 0.25) is 0 Å². The highest BCUT2D eigenvalue weighted by atomic mass is 16.3. The van der Waals surface area contributed by atoms with Crippen LogP contribution >= 0.6 is 0 Å². The number of aliphatic hydroxyl groups is 1. The number of hydrogen-bond donors (Lipinski definition) is 1. The third-order valence-corrected chi connectivity index (χ3v) is 4.52. The molecule has 1 N–H and O–H groups in total. The zero-order valence-electron chi connectivity index (χ0n) is 12.2. The van der Waals surface area contributed by atoms with Gasteiger partial charge in [0.25, 0.3) is 0 Å². The van der Waals surface area contributed by atoms with E-state index >= 15 is 0 Å². The number of hydrogen-bond acceptors (Lipinski definition) is 5. The van der Waals surface area contributed by atoms with Gasteiger partial charge in [-0.05, 0) is 51.3 Å². The van der Waals surface area contributed by atoms with Gasteiger partial charge in [0, 0.05) is 25.7 Å². The molecular formula is C15H24N4O. The molecule has 0 amide bonds. The van der Waals surface area contributed by atoms with Crippen LogP contribution in [0.5, 0.6) is 0 Å². The van der Waals surface area contributed by atoms with Crippen molar-refractivity contribution in [1.29, 1.82) is 0 Å². The average Bonchev–Trinajstić information content (AvgIpc) is 2.48. The van der Waals surface area contributed by atoms with Crippen molar-refractivity contribution >= 4 is 5.82 Å². The van der Waals surface area contributed by atoms with Gasteiger partial charge < -0.3 is 10.0 Å². The lowest BCUT2D eigenvalue weighted by atomic mass is 9.99. The second-order valence-corrected chi connectivity index (χ2v) is 6.04. The lowest BCUT2D eigenvalue weighted by Gasteiger charge is -2.41. The number of piperidine rings is 2. The fourth-order valence-corrected chi connectivity index (χ4v) is 3.34. The maximum Gasteiger partial charge on any atom is 0.151 e. The highest BCUT2D eigenvalue weighted by Gasteiger charge is 2.28. The first-order valence-corrected chi connectivity index (χ1v) is 7.70. The molecule has 1 aromatic rings. The molecule has 2 aliphatic heterocycles. The van der Waals surface area contributed by atoms with Crippen molar-refractivity contribution in [2.75, 3.05) is 31.1 Å². The van der Waals surface area contributed by atoms with E-state index in [2.05, 4.69) is 26.1 Å². The van der Waals surface area contributed by atoms with Crippen molar-refractivity contribution in [3.05, 3.63) is 17.8 Å². The van der Waals surface area contributed by atoms with Gasteiger partial charge >= 0.3 is 0 Å². The van der Waals surface area contributed by atoms with E-state index in [1.807, 2.05) is 13.0 Å². The maximum absolute atomic E-state index is 9.80. The van der Waals surface area contributed by atoms with Crippen LogP contribution in [0, 0.1) is 6.92 Å². The van der Waals surface area contributed by atoms with Gasteiger partial charge in [-0.25, -0.2) is 0 Å². The summed E-state index contributed by atoms with van der Waals surface area (Å²) < 4.78 is 0. The molecule has 5 nitrogen and oxygen atoms in total. The maximum atomic E-state index is 9.80. The third kappa shape index (κ3) is 3.10. The van der Waals surface area contributed by atoms with E-state index in [0.29, 0.717) is 6.04 Å². The zero-order chi connectivity index (χ0) is 13.9. The molecule has 0 aliphatic carbocycles. The van der Waals surface area contributed by atoms with Crippen molar-refractivity contribution in [3.63, 3.8) is 0 Å². The number of aliphatic hydroxyl groups excluding tert-OH is 1. The molecule has 1 unspecified atom stereocenters. The topological polar surface area (TPSA) is 52.5 Å². The van der Waals surface area contributed by atoms with Crippen LogP contribution in [0.2, 0.25) is 0 Å². The van der Waals surface area contributed by atoms with Crippen LogP contribution in [0.1, 0.15) is 31.4 Å². The van der Waals surface area contributed by atoms with Gasteiger partial charge in [0.15, 0.2) is 5.82 Å². The molecular weight excluding hydrogens is 252 g/mol. The minimum atomic E-state index is -0.121. The summed E-state index contributed by atoms with van der Waals surface area (Å²) in [5, 5.41) is 18.2. The highest BCUT2D eigenvalue weighted by Crippen LogP contribution is 2.23. The number of nitrogens with zero attached hydrogens (tertiary/aromatic N) is 4. The molecule has 2 aliphatic rings. The molecule has 2 fully saturated rings. The predicted octanol–water partition coefficient (Wildman–Crippen LogP) is 1.21. The molecule has 0 aromatic carbocycles. The Kier molecular flexibility index (Phi) is 4.17. The molecule has 3 rings (SSSR count). The van der Waals surface area contributed by atoms with Gasteiger partial charge in [0.05, 0.1) is 11.8 Å². The largest absolute Gasteiger partial charge is 0.392 e. The Hall–Kier alpha value is -1.20. The van der Waals surface area contributed by atoms with Gasteiger partial charge in [0.1, 0.15) is 0 Å². The minimum Gasteiger partial charge on any atom is -0.392 e. The Morgan fingerprint density at radius 2 is 1.90 bits per heavy atom. The number of rotatable bonds is 2. The van der Waals surface area contributed by atoms with Crippen molar-refractivity contribution < 1.29 is 5.11 Å². The van der Waals surface area contributed by atoms with E-state index in [1.54, 1.807) is 0 Å². The normalized spacial score (nSPS) is 25.9. The Bertz CT molecular complexity index is 428. The molecule has 1 atom stereocenters. The first kappa shape index (κ1) is 13.8. The van der Waals surface area contributed by atoms with E-state index in [1.165, 1.54) is 0 Å². The van der Waals surface area contributed by atoms with Crippen LogP contribution < -0.4 is 4.90 Å².